The normalized spacial score (nSPS) is 16.0. The smallest absolute Gasteiger partial charge is 0.357 e. The Balaban J connectivity index is 1.83. The van der Waals surface area contributed by atoms with Gasteiger partial charge in [0, 0.05) is 5.38 Å². The number of ether oxygens (including phenoxy) is 1. The van der Waals surface area contributed by atoms with Gasteiger partial charge in [-0.05, 0) is 18.8 Å². The van der Waals surface area contributed by atoms with Crippen LogP contribution in [0.5, 0.6) is 0 Å². The summed E-state index contributed by atoms with van der Waals surface area (Å²) in [5.74, 6) is 0.329. The highest BCUT2D eigenvalue weighted by atomic mass is 32.1. The predicted molar refractivity (Wildman–Crippen MR) is 45.1 cm³/mol. The lowest BCUT2D eigenvalue weighted by atomic mass is 10.4. The molecule has 0 atom stereocenters. The van der Waals surface area contributed by atoms with Gasteiger partial charge in [0.2, 0.25) is 0 Å². The molecule has 64 valence electrons. The van der Waals surface area contributed by atoms with Crippen LogP contribution in [-0.4, -0.2) is 17.6 Å². The van der Waals surface area contributed by atoms with Gasteiger partial charge in [0.25, 0.3) is 0 Å². The zero-order valence-electron chi connectivity index (χ0n) is 6.53. The van der Waals surface area contributed by atoms with E-state index in [1.165, 1.54) is 24.2 Å². The molecular weight excluding hydrogens is 174 g/mol. The average Bonchev–Trinajstić information content (AvgIpc) is 2.74. The lowest BCUT2D eigenvalue weighted by Crippen LogP contribution is -2.07. The van der Waals surface area contributed by atoms with Crippen molar-refractivity contribution in [1.29, 1.82) is 0 Å². The molecule has 1 aromatic heterocycles. The Hall–Kier alpha value is -0.900. The number of nitrogens with zero attached hydrogens (tertiary/aromatic N) is 1. The summed E-state index contributed by atoms with van der Waals surface area (Å²) in [6.07, 6.45) is 2.40. The number of hydrogen-bond acceptors (Lipinski definition) is 4. The summed E-state index contributed by atoms with van der Waals surface area (Å²) in [4.78, 5) is 15.0. The minimum atomic E-state index is -0.289. The fourth-order valence-electron chi connectivity index (χ4n) is 0.865. The van der Waals surface area contributed by atoms with Crippen molar-refractivity contribution >= 4 is 17.3 Å². The third-order valence-corrected chi connectivity index (χ3v) is 2.37. The summed E-state index contributed by atoms with van der Waals surface area (Å²) in [6.45, 7) is 0.566. The van der Waals surface area contributed by atoms with Gasteiger partial charge in [-0.1, -0.05) is 0 Å². The summed E-state index contributed by atoms with van der Waals surface area (Å²) in [5.41, 5.74) is 2.06. The molecule has 3 nitrogen and oxygen atoms in total. The maximum absolute atomic E-state index is 11.2. The molecule has 12 heavy (non-hydrogen) atoms. The first-order valence-electron chi connectivity index (χ1n) is 3.91. The predicted octanol–water partition coefficient (Wildman–Crippen LogP) is 1.71. The maximum Gasteiger partial charge on any atom is 0.357 e. The second-order valence-corrected chi connectivity index (χ2v) is 3.63. The van der Waals surface area contributed by atoms with Gasteiger partial charge in [-0.25, -0.2) is 9.78 Å². The van der Waals surface area contributed by atoms with Crippen LogP contribution in [0.1, 0.15) is 23.3 Å². The quantitative estimate of drug-likeness (QED) is 0.670. The number of aromatic nitrogens is 1. The monoisotopic (exact) mass is 183 g/mol. The Morgan fingerprint density at radius 3 is 3.17 bits per heavy atom. The Kier molecular flexibility index (Phi) is 2.08. The van der Waals surface area contributed by atoms with E-state index in [0.717, 1.165) is 0 Å². The van der Waals surface area contributed by atoms with Gasteiger partial charge in [-0.2, -0.15) is 0 Å². The fourth-order valence-corrected chi connectivity index (χ4v) is 1.39. The maximum atomic E-state index is 11.2. The second kappa shape index (κ2) is 3.23. The highest BCUT2D eigenvalue weighted by Gasteiger charge is 2.23. The summed E-state index contributed by atoms with van der Waals surface area (Å²) in [5, 5.41) is 1.70. The molecule has 0 amide bonds. The number of thiazole rings is 1. The summed E-state index contributed by atoms with van der Waals surface area (Å²) in [7, 11) is 0. The molecule has 1 saturated carbocycles. The molecule has 0 aliphatic heterocycles. The van der Waals surface area contributed by atoms with E-state index in [1.807, 2.05) is 0 Å². The highest BCUT2D eigenvalue weighted by molar-refractivity contribution is 7.07. The van der Waals surface area contributed by atoms with Crippen LogP contribution in [0.2, 0.25) is 0 Å². The van der Waals surface area contributed by atoms with Crippen molar-refractivity contribution in [1.82, 2.24) is 4.98 Å². The van der Waals surface area contributed by atoms with Gasteiger partial charge >= 0.3 is 5.97 Å². The molecule has 4 heteroatoms. The van der Waals surface area contributed by atoms with E-state index in [2.05, 4.69) is 4.98 Å². The van der Waals surface area contributed by atoms with Gasteiger partial charge in [0.15, 0.2) is 5.69 Å². The highest BCUT2D eigenvalue weighted by Crippen LogP contribution is 2.29. The van der Waals surface area contributed by atoms with Crippen LogP contribution in [0, 0.1) is 5.92 Å². The Morgan fingerprint density at radius 1 is 1.75 bits per heavy atom. The van der Waals surface area contributed by atoms with Crippen molar-refractivity contribution in [3.63, 3.8) is 0 Å². The van der Waals surface area contributed by atoms with E-state index in [1.54, 1.807) is 10.9 Å². The molecule has 2 rings (SSSR count). The molecule has 0 bridgehead atoms. The van der Waals surface area contributed by atoms with Crippen LogP contribution < -0.4 is 0 Å². The number of carbonyl (C=O) groups is 1. The molecular formula is C8H9NO2S. The molecule has 0 saturated heterocycles. The standard InChI is InChI=1S/C8H9NO2S/c10-8(7-4-12-5-9-7)11-3-6-1-2-6/h4-6H,1-3H2. The largest absolute Gasteiger partial charge is 0.461 e. The van der Waals surface area contributed by atoms with Gasteiger partial charge in [0.1, 0.15) is 0 Å². The van der Waals surface area contributed by atoms with E-state index in [9.17, 15) is 4.79 Å². The summed E-state index contributed by atoms with van der Waals surface area (Å²) < 4.78 is 5.02. The van der Waals surface area contributed by atoms with Crippen LogP contribution in [0.15, 0.2) is 10.9 Å². The third kappa shape index (κ3) is 1.82. The number of carbonyl (C=O) groups excluding carboxylic acids is 1. The lowest BCUT2D eigenvalue weighted by Gasteiger charge is -1.99. The topological polar surface area (TPSA) is 39.2 Å². The molecule has 1 fully saturated rings. The van der Waals surface area contributed by atoms with Crippen molar-refractivity contribution in [2.24, 2.45) is 5.92 Å². The SMILES string of the molecule is O=C(OCC1CC1)c1cscn1. The first-order chi connectivity index (χ1) is 5.86. The number of hydrogen-bond donors (Lipinski definition) is 0. The van der Waals surface area contributed by atoms with Crippen molar-refractivity contribution in [3.8, 4) is 0 Å². The Morgan fingerprint density at radius 2 is 2.58 bits per heavy atom. The van der Waals surface area contributed by atoms with E-state index in [0.29, 0.717) is 18.2 Å². The molecule has 0 aromatic carbocycles. The van der Waals surface area contributed by atoms with Crippen LogP contribution in [-0.2, 0) is 4.74 Å². The zero-order valence-corrected chi connectivity index (χ0v) is 7.34. The minimum absolute atomic E-state index is 0.289. The molecule has 0 unspecified atom stereocenters. The first kappa shape index (κ1) is 7.73. The molecule has 1 heterocycles. The van der Waals surface area contributed by atoms with Crippen LogP contribution in [0.4, 0.5) is 0 Å². The minimum Gasteiger partial charge on any atom is -0.461 e. The molecule has 1 aliphatic carbocycles. The summed E-state index contributed by atoms with van der Waals surface area (Å²) >= 11 is 1.41. The van der Waals surface area contributed by atoms with E-state index >= 15 is 0 Å². The number of rotatable bonds is 3. The average molecular weight is 183 g/mol. The fraction of sp³-hybridized carbons (Fsp3) is 0.500. The Labute approximate surface area is 74.4 Å². The summed E-state index contributed by atoms with van der Waals surface area (Å²) in [6, 6.07) is 0. The van der Waals surface area contributed by atoms with Crippen LogP contribution in [0.3, 0.4) is 0 Å². The van der Waals surface area contributed by atoms with Gasteiger partial charge in [-0.3, -0.25) is 0 Å². The van der Waals surface area contributed by atoms with E-state index in [4.69, 9.17) is 4.74 Å². The molecule has 0 radical (unpaired) electrons. The molecule has 1 aromatic rings. The van der Waals surface area contributed by atoms with Crippen molar-refractivity contribution < 1.29 is 9.53 Å². The second-order valence-electron chi connectivity index (χ2n) is 2.92. The van der Waals surface area contributed by atoms with Gasteiger partial charge in [-0.15, -0.1) is 11.3 Å². The molecule has 0 spiro atoms. The van der Waals surface area contributed by atoms with Gasteiger partial charge < -0.3 is 4.74 Å². The molecule has 0 N–H and O–H groups in total. The van der Waals surface area contributed by atoms with Crippen molar-refractivity contribution in [2.75, 3.05) is 6.61 Å². The lowest BCUT2D eigenvalue weighted by molar-refractivity contribution is 0.0480. The van der Waals surface area contributed by atoms with Crippen molar-refractivity contribution in [2.45, 2.75) is 12.8 Å². The molecule has 1 aliphatic rings. The van der Waals surface area contributed by atoms with Crippen LogP contribution >= 0.6 is 11.3 Å². The number of esters is 1. The van der Waals surface area contributed by atoms with Gasteiger partial charge in [0.05, 0.1) is 12.1 Å². The van der Waals surface area contributed by atoms with E-state index < -0.39 is 0 Å². The van der Waals surface area contributed by atoms with E-state index in [-0.39, 0.29) is 5.97 Å². The van der Waals surface area contributed by atoms with Crippen LogP contribution in [0.25, 0.3) is 0 Å². The Bertz CT molecular complexity index is 267. The first-order valence-corrected chi connectivity index (χ1v) is 4.86. The van der Waals surface area contributed by atoms with Crippen molar-refractivity contribution in [3.05, 3.63) is 16.6 Å². The third-order valence-electron chi connectivity index (χ3n) is 1.79. The zero-order chi connectivity index (χ0) is 8.39.